The van der Waals surface area contributed by atoms with E-state index in [2.05, 4.69) is 23.7 Å². The van der Waals surface area contributed by atoms with Crippen LogP contribution < -0.4 is 9.46 Å². The van der Waals surface area contributed by atoms with E-state index in [1.54, 1.807) is 39.2 Å². The first kappa shape index (κ1) is 21.0. The Labute approximate surface area is 172 Å². The van der Waals surface area contributed by atoms with Crippen molar-refractivity contribution in [3.05, 3.63) is 51.5 Å². The number of likely N-dealkylation sites (N-methyl/N-ethyl adjacent to an activating group) is 1. The van der Waals surface area contributed by atoms with Crippen molar-refractivity contribution < 1.29 is 13.2 Å². The number of hydrogen-bond donors (Lipinski definition) is 1. The zero-order valence-electron chi connectivity index (χ0n) is 17.0. The summed E-state index contributed by atoms with van der Waals surface area (Å²) in [6.45, 7) is 3.56. The molecule has 1 N–H and O–H groups in total. The number of fused-ring (bicyclic) bond motifs is 1. The third kappa shape index (κ3) is 4.00. The fraction of sp³-hybridized carbons (Fsp3) is 0.429. The first-order valence-corrected chi connectivity index (χ1v) is 11.1. The first-order chi connectivity index (χ1) is 13.1. The monoisotopic (exact) mass is 422 g/mol. The smallest absolute Gasteiger partial charge is 0.262 e. The number of benzene rings is 2. The van der Waals surface area contributed by atoms with Crippen LogP contribution in [0.1, 0.15) is 28.7 Å². The fourth-order valence-corrected chi connectivity index (χ4v) is 5.42. The number of hydrogen-bond acceptors (Lipinski definition) is 4. The molecule has 0 bridgehead atoms. The van der Waals surface area contributed by atoms with Crippen molar-refractivity contribution in [2.75, 3.05) is 25.9 Å². The molecule has 0 fully saturated rings. The molecule has 0 aromatic heterocycles. The highest BCUT2D eigenvalue weighted by molar-refractivity contribution is 7.92. The number of halogens is 1. The summed E-state index contributed by atoms with van der Waals surface area (Å²) in [5, 5.41) is 0.563. The van der Waals surface area contributed by atoms with Crippen LogP contribution >= 0.6 is 11.6 Å². The molecule has 2 aromatic carbocycles. The Morgan fingerprint density at radius 3 is 2.50 bits per heavy atom. The molecule has 0 saturated carbocycles. The lowest BCUT2D eigenvalue weighted by Gasteiger charge is -2.32. The Hall–Kier alpha value is -1.76. The van der Waals surface area contributed by atoms with Gasteiger partial charge in [0.05, 0.1) is 17.7 Å². The summed E-state index contributed by atoms with van der Waals surface area (Å²) in [5.74, 6) is 0.808. The van der Waals surface area contributed by atoms with Gasteiger partial charge in [0.1, 0.15) is 5.75 Å². The van der Waals surface area contributed by atoms with E-state index in [9.17, 15) is 8.42 Å². The van der Waals surface area contributed by atoms with Gasteiger partial charge in [0, 0.05) is 16.6 Å². The third-order valence-electron chi connectivity index (χ3n) is 5.50. The quantitative estimate of drug-likeness (QED) is 0.785. The maximum absolute atomic E-state index is 13.1. The lowest BCUT2D eigenvalue weighted by molar-refractivity contribution is 0.265. The van der Waals surface area contributed by atoms with Crippen molar-refractivity contribution in [3.63, 3.8) is 0 Å². The summed E-state index contributed by atoms with van der Waals surface area (Å²) in [5.41, 5.74) is 4.08. The van der Waals surface area contributed by atoms with E-state index in [4.69, 9.17) is 16.3 Å². The van der Waals surface area contributed by atoms with E-state index in [1.165, 1.54) is 0 Å². The minimum atomic E-state index is -3.73. The largest absolute Gasteiger partial charge is 0.496 e. The second kappa shape index (κ2) is 7.93. The van der Waals surface area contributed by atoms with Crippen LogP contribution in [0.15, 0.2) is 29.2 Å². The number of sulfonamides is 1. The van der Waals surface area contributed by atoms with E-state index in [0.717, 1.165) is 41.7 Å². The SMILES string of the molecule is COc1ccc(NS(=O)(=O)c2cc(C)c(Cl)cc2C)c2c1C[C@@H](N(C)C)CC2. The minimum absolute atomic E-state index is 0.251. The second-order valence-electron chi connectivity index (χ2n) is 7.61. The molecular weight excluding hydrogens is 396 g/mol. The number of anilines is 1. The molecule has 0 spiro atoms. The summed E-state index contributed by atoms with van der Waals surface area (Å²) in [6, 6.07) is 7.36. The van der Waals surface area contributed by atoms with Gasteiger partial charge in [-0.3, -0.25) is 4.72 Å². The third-order valence-corrected chi connectivity index (χ3v) is 7.41. The van der Waals surface area contributed by atoms with Crippen LogP contribution in [0.2, 0.25) is 5.02 Å². The summed E-state index contributed by atoms with van der Waals surface area (Å²) in [4.78, 5) is 2.46. The number of nitrogens with zero attached hydrogens (tertiary/aromatic N) is 1. The number of rotatable bonds is 5. The molecule has 1 aliphatic rings. The van der Waals surface area contributed by atoms with Crippen molar-refractivity contribution in [3.8, 4) is 5.75 Å². The number of methoxy groups -OCH3 is 1. The highest BCUT2D eigenvalue weighted by Crippen LogP contribution is 2.37. The van der Waals surface area contributed by atoms with Crippen LogP contribution in [0.25, 0.3) is 0 Å². The van der Waals surface area contributed by atoms with Crippen molar-refractivity contribution in [1.29, 1.82) is 0 Å². The second-order valence-corrected chi connectivity index (χ2v) is 9.66. The molecular formula is C21H27ClN2O3S. The summed E-state index contributed by atoms with van der Waals surface area (Å²) in [6.07, 6.45) is 2.60. The Morgan fingerprint density at radius 1 is 1.14 bits per heavy atom. The van der Waals surface area contributed by atoms with Crippen LogP contribution in [-0.4, -0.2) is 40.6 Å². The van der Waals surface area contributed by atoms with Crippen molar-refractivity contribution >= 4 is 27.3 Å². The van der Waals surface area contributed by atoms with Crippen LogP contribution in [0.5, 0.6) is 5.75 Å². The molecule has 2 aromatic rings. The van der Waals surface area contributed by atoms with Crippen molar-refractivity contribution in [1.82, 2.24) is 4.90 Å². The summed E-state index contributed by atoms with van der Waals surface area (Å²) >= 11 is 6.13. The van der Waals surface area contributed by atoms with Gasteiger partial charge in [0.2, 0.25) is 0 Å². The molecule has 1 aliphatic carbocycles. The average molecular weight is 423 g/mol. The highest BCUT2D eigenvalue weighted by Gasteiger charge is 2.27. The lowest BCUT2D eigenvalue weighted by Crippen LogP contribution is -2.34. The van der Waals surface area contributed by atoms with Gasteiger partial charge in [-0.15, -0.1) is 0 Å². The van der Waals surface area contributed by atoms with E-state index >= 15 is 0 Å². The Bertz CT molecular complexity index is 1000. The van der Waals surface area contributed by atoms with Gasteiger partial charge in [-0.05, 0) is 88.2 Å². The molecule has 0 aliphatic heterocycles. The Morgan fingerprint density at radius 2 is 1.86 bits per heavy atom. The Kier molecular flexibility index (Phi) is 5.94. The zero-order valence-corrected chi connectivity index (χ0v) is 18.5. The molecule has 5 nitrogen and oxygen atoms in total. The molecule has 0 saturated heterocycles. The molecule has 0 unspecified atom stereocenters. The van der Waals surface area contributed by atoms with Gasteiger partial charge in [0.15, 0.2) is 0 Å². The maximum atomic E-state index is 13.1. The first-order valence-electron chi connectivity index (χ1n) is 9.28. The van der Waals surface area contributed by atoms with Gasteiger partial charge in [0.25, 0.3) is 10.0 Å². The van der Waals surface area contributed by atoms with Crippen LogP contribution in [0.3, 0.4) is 0 Å². The molecule has 152 valence electrons. The van der Waals surface area contributed by atoms with Gasteiger partial charge < -0.3 is 9.64 Å². The van der Waals surface area contributed by atoms with Crippen molar-refractivity contribution in [2.24, 2.45) is 0 Å². The van der Waals surface area contributed by atoms with Crippen molar-refractivity contribution in [2.45, 2.75) is 44.0 Å². The molecule has 3 rings (SSSR count). The van der Waals surface area contributed by atoms with Crippen LogP contribution in [-0.2, 0) is 22.9 Å². The number of nitrogens with one attached hydrogen (secondary N) is 1. The predicted molar refractivity (Wildman–Crippen MR) is 114 cm³/mol. The zero-order chi connectivity index (χ0) is 20.6. The Balaban J connectivity index is 2.02. The highest BCUT2D eigenvalue weighted by atomic mass is 35.5. The van der Waals surface area contributed by atoms with Gasteiger partial charge >= 0.3 is 0 Å². The van der Waals surface area contributed by atoms with E-state index in [0.29, 0.717) is 22.3 Å². The van der Waals surface area contributed by atoms with Crippen LogP contribution in [0.4, 0.5) is 5.69 Å². The van der Waals surface area contributed by atoms with Gasteiger partial charge in [-0.1, -0.05) is 11.6 Å². The summed E-state index contributed by atoms with van der Waals surface area (Å²) < 4.78 is 34.6. The minimum Gasteiger partial charge on any atom is -0.496 e. The fourth-order valence-electron chi connectivity index (χ4n) is 3.80. The topological polar surface area (TPSA) is 58.6 Å². The van der Waals surface area contributed by atoms with Gasteiger partial charge in [-0.25, -0.2) is 8.42 Å². The predicted octanol–water partition coefficient (Wildman–Crippen LogP) is 4.19. The standard InChI is InChI=1S/C21H27ClN2O3S/c1-13-11-21(14(2)10-18(13)22)28(25,26)23-19-8-9-20(27-5)17-12-15(24(3)4)6-7-16(17)19/h8-11,15,23H,6-7,12H2,1-5H3/t15-/m0/s1. The van der Waals surface area contributed by atoms with E-state index in [1.807, 2.05) is 6.07 Å². The maximum Gasteiger partial charge on any atom is 0.262 e. The molecule has 0 radical (unpaired) electrons. The molecule has 7 heteroatoms. The number of aryl methyl sites for hydroxylation is 2. The van der Waals surface area contributed by atoms with Gasteiger partial charge in [-0.2, -0.15) is 0 Å². The summed E-state index contributed by atoms with van der Waals surface area (Å²) in [7, 11) is 2.06. The molecule has 0 amide bonds. The van der Waals surface area contributed by atoms with E-state index < -0.39 is 10.0 Å². The van der Waals surface area contributed by atoms with E-state index in [-0.39, 0.29) is 4.90 Å². The molecule has 1 atom stereocenters. The van der Waals surface area contributed by atoms with Crippen LogP contribution in [0, 0.1) is 13.8 Å². The normalized spacial score (nSPS) is 16.8. The molecule has 28 heavy (non-hydrogen) atoms. The lowest BCUT2D eigenvalue weighted by atomic mass is 9.86. The average Bonchev–Trinajstić information content (AvgIpc) is 2.64. The molecule has 0 heterocycles. The number of ether oxygens (including phenoxy) is 1.